The molecule has 0 amide bonds. The standard InChI is InChI=1S/C16H28N4O/c1-3-19(11-15-6-4-5-14(2)18-15)12-16(21)13-20-9-7-17-8-10-20/h4-6,16-17,21H,3,7-13H2,1-2H3. The first-order valence-electron chi connectivity index (χ1n) is 7.93. The van der Waals surface area contributed by atoms with E-state index in [-0.39, 0.29) is 6.10 Å². The van der Waals surface area contributed by atoms with Gasteiger partial charge in [0, 0.05) is 51.5 Å². The van der Waals surface area contributed by atoms with Crippen LogP contribution in [0.4, 0.5) is 0 Å². The first-order chi connectivity index (χ1) is 10.2. The summed E-state index contributed by atoms with van der Waals surface area (Å²) in [7, 11) is 0. The first kappa shape index (κ1) is 16.4. The monoisotopic (exact) mass is 292 g/mol. The molecule has 0 aromatic carbocycles. The minimum atomic E-state index is -0.298. The zero-order chi connectivity index (χ0) is 15.1. The van der Waals surface area contributed by atoms with Gasteiger partial charge in [0.15, 0.2) is 0 Å². The molecule has 0 aliphatic carbocycles. The number of rotatable bonds is 7. The zero-order valence-corrected chi connectivity index (χ0v) is 13.3. The number of aryl methyl sites for hydroxylation is 1. The van der Waals surface area contributed by atoms with Crippen molar-refractivity contribution in [1.29, 1.82) is 0 Å². The van der Waals surface area contributed by atoms with Crippen LogP contribution in [0.1, 0.15) is 18.3 Å². The number of hydrogen-bond donors (Lipinski definition) is 2. The van der Waals surface area contributed by atoms with Gasteiger partial charge in [-0.1, -0.05) is 13.0 Å². The van der Waals surface area contributed by atoms with Crippen molar-refractivity contribution in [3.05, 3.63) is 29.6 Å². The van der Waals surface area contributed by atoms with Gasteiger partial charge in [-0.25, -0.2) is 0 Å². The van der Waals surface area contributed by atoms with Gasteiger partial charge in [0.1, 0.15) is 0 Å². The molecule has 5 nitrogen and oxygen atoms in total. The van der Waals surface area contributed by atoms with E-state index in [0.29, 0.717) is 6.54 Å². The van der Waals surface area contributed by atoms with E-state index >= 15 is 0 Å². The molecule has 0 bridgehead atoms. The molecule has 118 valence electrons. The quantitative estimate of drug-likeness (QED) is 0.765. The Morgan fingerprint density at radius 1 is 1.38 bits per heavy atom. The highest BCUT2D eigenvalue weighted by molar-refractivity contribution is 5.09. The van der Waals surface area contributed by atoms with Crippen LogP contribution in [0.25, 0.3) is 0 Å². The van der Waals surface area contributed by atoms with Gasteiger partial charge in [0.25, 0.3) is 0 Å². The van der Waals surface area contributed by atoms with E-state index in [9.17, 15) is 5.11 Å². The minimum absolute atomic E-state index is 0.298. The Hall–Kier alpha value is -1.01. The van der Waals surface area contributed by atoms with Crippen LogP contribution in [0, 0.1) is 6.92 Å². The molecular weight excluding hydrogens is 264 g/mol. The molecule has 21 heavy (non-hydrogen) atoms. The molecule has 1 atom stereocenters. The van der Waals surface area contributed by atoms with Crippen molar-refractivity contribution in [1.82, 2.24) is 20.1 Å². The summed E-state index contributed by atoms with van der Waals surface area (Å²) >= 11 is 0. The smallest absolute Gasteiger partial charge is 0.0793 e. The first-order valence-corrected chi connectivity index (χ1v) is 7.93. The molecule has 1 fully saturated rings. The van der Waals surface area contributed by atoms with Gasteiger partial charge in [-0.15, -0.1) is 0 Å². The van der Waals surface area contributed by atoms with Crippen molar-refractivity contribution in [3.8, 4) is 0 Å². The van der Waals surface area contributed by atoms with Crippen LogP contribution in [-0.4, -0.2) is 71.8 Å². The topological polar surface area (TPSA) is 51.6 Å². The van der Waals surface area contributed by atoms with E-state index in [1.165, 1.54) is 0 Å². The maximum Gasteiger partial charge on any atom is 0.0793 e. The van der Waals surface area contributed by atoms with E-state index < -0.39 is 0 Å². The normalized spacial score (nSPS) is 18.1. The predicted octanol–water partition coefficient (Wildman–Crippen LogP) is 0.478. The second-order valence-corrected chi connectivity index (χ2v) is 5.80. The lowest BCUT2D eigenvalue weighted by Gasteiger charge is -2.31. The highest BCUT2D eigenvalue weighted by atomic mass is 16.3. The predicted molar refractivity (Wildman–Crippen MR) is 85.2 cm³/mol. The van der Waals surface area contributed by atoms with Crippen LogP contribution in [0.2, 0.25) is 0 Å². The summed E-state index contributed by atoms with van der Waals surface area (Å²) in [4.78, 5) is 9.13. The number of aliphatic hydroxyl groups is 1. The van der Waals surface area contributed by atoms with Crippen LogP contribution in [-0.2, 0) is 6.54 Å². The van der Waals surface area contributed by atoms with Crippen LogP contribution in [0.5, 0.6) is 0 Å². The molecule has 1 aromatic rings. The van der Waals surface area contributed by atoms with Crippen molar-refractivity contribution in [2.75, 3.05) is 45.8 Å². The van der Waals surface area contributed by atoms with Gasteiger partial charge in [0.2, 0.25) is 0 Å². The summed E-state index contributed by atoms with van der Waals surface area (Å²) in [5, 5.41) is 13.6. The number of hydrogen-bond acceptors (Lipinski definition) is 5. The minimum Gasteiger partial charge on any atom is -0.390 e. The molecule has 5 heteroatoms. The van der Waals surface area contributed by atoms with Crippen LogP contribution in [0.3, 0.4) is 0 Å². The lowest BCUT2D eigenvalue weighted by molar-refractivity contribution is 0.0683. The van der Waals surface area contributed by atoms with Gasteiger partial charge >= 0.3 is 0 Å². The van der Waals surface area contributed by atoms with E-state index in [2.05, 4.69) is 33.1 Å². The van der Waals surface area contributed by atoms with Crippen LogP contribution in [0.15, 0.2) is 18.2 Å². The lowest BCUT2D eigenvalue weighted by atomic mass is 10.2. The highest BCUT2D eigenvalue weighted by Crippen LogP contribution is 2.05. The summed E-state index contributed by atoms with van der Waals surface area (Å²) in [5.41, 5.74) is 2.12. The Morgan fingerprint density at radius 3 is 2.81 bits per heavy atom. The third-order valence-corrected chi connectivity index (χ3v) is 3.93. The molecule has 0 radical (unpaired) electrons. The third kappa shape index (κ3) is 5.71. The number of likely N-dealkylation sites (N-methyl/N-ethyl adjacent to an activating group) is 1. The molecule has 0 saturated carbocycles. The number of nitrogens with zero attached hydrogens (tertiary/aromatic N) is 3. The van der Waals surface area contributed by atoms with E-state index in [0.717, 1.165) is 57.2 Å². The molecule has 1 aromatic heterocycles. The second-order valence-electron chi connectivity index (χ2n) is 5.80. The molecular formula is C16H28N4O. The van der Waals surface area contributed by atoms with Crippen LogP contribution < -0.4 is 5.32 Å². The molecule has 2 rings (SSSR count). The Morgan fingerprint density at radius 2 is 2.14 bits per heavy atom. The maximum absolute atomic E-state index is 10.3. The molecule has 1 aliphatic rings. The fraction of sp³-hybridized carbons (Fsp3) is 0.688. The highest BCUT2D eigenvalue weighted by Gasteiger charge is 2.16. The lowest BCUT2D eigenvalue weighted by Crippen LogP contribution is -2.48. The van der Waals surface area contributed by atoms with E-state index in [1.54, 1.807) is 0 Å². The summed E-state index contributed by atoms with van der Waals surface area (Å²) in [6.45, 7) is 11.5. The van der Waals surface area contributed by atoms with Crippen molar-refractivity contribution < 1.29 is 5.11 Å². The zero-order valence-electron chi connectivity index (χ0n) is 13.3. The van der Waals surface area contributed by atoms with Gasteiger partial charge in [-0.2, -0.15) is 0 Å². The number of aliphatic hydroxyl groups excluding tert-OH is 1. The number of piperazine rings is 1. The fourth-order valence-corrected chi connectivity index (χ4v) is 2.77. The Balaban J connectivity index is 1.80. The average molecular weight is 292 g/mol. The summed E-state index contributed by atoms with van der Waals surface area (Å²) in [6.07, 6.45) is -0.298. The van der Waals surface area contributed by atoms with Gasteiger partial charge in [0.05, 0.1) is 11.8 Å². The second kappa shape index (κ2) is 8.44. The third-order valence-electron chi connectivity index (χ3n) is 3.93. The van der Waals surface area contributed by atoms with Gasteiger partial charge in [-0.05, 0) is 25.6 Å². The molecule has 1 aliphatic heterocycles. The Bertz CT molecular complexity index is 420. The number of β-amino-alcohol motifs (C(OH)–C–C–N with tert-alkyl or cyclic N) is 1. The van der Waals surface area contributed by atoms with Crippen LogP contribution >= 0.6 is 0 Å². The maximum atomic E-state index is 10.3. The number of nitrogens with one attached hydrogen (secondary N) is 1. The summed E-state index contributed by atoms with van der Waals surface area (Å²) in [5.74, 6) is 0. The SMILES string of the molecule is CCN(Cc1cccc(C)n1)CC(O)CN1CCNCC1. The Labute approximate surface area is 128 Å². The fourth-order valence-electron chi connectivity index (χ4n) is 2.77. The van der Waals surface area contributed by atoms with Crippen molar-refractivity contribution in [2.24, 2.45) is 0 Å². The van der Waals surface area contributed by atoms with Gasteiger partial charge in [-0.3, -0.25) is 14.8 Å². The molecule has 1 unspecified atom stereocenters. The van der Waals surface area contributed by atoms with E-state index in [4.69, 9.17) is 0 Å². The number of aromatic nitrogens is 1. The summed E-state index contributed by atoms with van der Waals surface area (Å²) in [6, 6.07) is 6.11. The summed E-state index contributed by atoms with van der Waals surface area (Å²) < 4.78 is 0. The number of pyridine rings is 1. The van der Waals surface area contributed by atoms with Crippen molar-refractivity contribution in [2.45, 2.75) is 26.5 Å². The molecule has 2 heterocycles. The van der Waals surface area contributed by atoms with E-state index in [1.807, 2.05) is 19.1 Å². The Kier molecular flexibility index (Phi) is 6.57. The van der Waals surface area contributed by atoms with Gasteiger partial charge < -0.3 is 10.4 Å². The molecule has 2 N–H and O–H groups in total. The van der Waals surface area contributed by atoms with Crippen molar-refractivity contribution in [3.63, 3.8) is 0 Å². The average Bonchev–Trinajstić information content (AvgIpc) is 2.47. The molecule has 0 spiro atoms. The van der Waals surface area contributed by atoms with Crippen molar-refractivity contribution >= 4 is 0 Å². The largest absolute Gasteiger partial charge is 0.390 e. The molecule has 1 saturated heterocycles.